The van der Waals surface area contributed by atoms with Crippen LogP contribution in [0.3, 0.4) is 0 Å². The van der Waals surface area contributed by atoms with Crippen LogP contribution in [0, 0.1) is 0 Å². The molecule has 0 aliphatic heterocycles. The molecule has 5 nitrogen and oxygen atoms in total. The van der Waals surface area contributed by atoms with E-state index in [-0.39, 0.29) is 0 Å². The van der Waals surface area contributed by atoms with E-state index in [0.717, 1.165) is 78.0 Å². The lowest BCUT2D eigenvalue weighted by atomic mass is 9.99. The van der Waals surface area contributed by atoms with E-state index in [2.05, 4.69) is 102 Å². The van der Waals surface area contributed by atoms with Crippen molar-refractivity contribution in [2.24, 2.45) is 0 Å². The number of benzene rings is 5. The highest BCUT2D eigenvalue weighted by molar-refractivity contribution is 6.09. The van der Waals surface area contributed by atoms with E-state index in [0.29, 0.717) is 5.82 Å². The monoisotopic (exact) mass is 601 g/mol. The van der Waals surface area contributed by atoms with Crippen LogP contribution in [0.2, 0.25) is 0 Å². The molecular weight excluding hydrogens is 574 g/mol. The number of fused-ring (bicyclic) bond motifs is 5. The minimum absolute atomic E-state index is 0.712. The molecular formula is C42H27N5. The Morgan fingerprint density at radius 3 is 1.66 bits per heavy atom. The first kappa shape index (κ1) is 26.9. The summed E-state index contributed by atoms with van der Waals surface area (Å²) in [5.74, 6) is 0.712. The van der Waals surface area contributed by atoms with Crippen molar-refractivity contribution in [1.29, 1.82) is 0 Å². The third kappa shape index (κ3) is 4.82. The van der Waals surface area contributed by atoms with Gasteiger partial charge in [0.05, 0.1) is 28.1 Å². The summed E-state index contributed by atoms with van der Waals surface area (Å²) in [4.78, 5) is 20.0. The molecule has 0 saturated carbocycles. The molecule has 0 fully saturated rings. The van der Waals surface area contributed by atoms with Crippen molar-refractivity contribution in [2.75, 3.05) is 0 Å². The maximum atomic E-state index is 5.13. The van der Waals surface area contributed by atoms with E-state index in [1.54, 1.807) is 0 Å². The van der Waals surface area contributed by atoms with Gasteiger partial charge in [-0.3, -0.25) is 4.40 Å². The van der Waals surface area contributed by atoms with E-state index in [9.17, 15) is 0 Å². The van der Waals surface area contributed by atoms with Crippen LogP contribution in [-0.4, -0.2) is 24.3 Å². The number of pyridine rings is 2. The van der Waals surface area contributed by atoms with Crippen molar-refractivity contribution in [3.05, 3.63) is 164 Å². The Hall–Kier alpha value is -6.46. The van der Waals surface area contributed by atoms with Crippen LogP contribution < -0.4 is 0 Å². The molecule has 0 bridgehead atoms. The number of nitrogens with zero attached hydrogens (tertiary/aromatic N) is 5. The molecule has 220 valence electrons. The molecule has 5 heteroatoms. The Morgan fingerprint density at radius 1 is 0.404 bits per heavy atom. The Labute approximate surface area is 271 Å². The second-order valence-electron chi connectivity index (χ2n) is 11.6. The van der Waals surface area contributed by atoms with Gasteiger partial charge in [0.2, 0.25) is 0 Å². The molecule has 5 aromatic carbocycles. The van der Waals surface area contributed by atoms with E-state index in [1.165, 1.54) is 0 Å². The van der Waals surface area contributed by atoms with Crippen molar-refractivity contribution in [1.82, 2.24) is 24.3 Å². The summed E-state index contributed by atoms with van der Waals surface area (Å²) in [6, 6.07) is 54.1. The normalized spacial score (nSPS) is 11.4. The Morgan fingerprint density at radius 2 is 0.957 bits per heavy atom. The first-order valence-corrected chi connectivity index (χ1v) is 15.7. The number of hydrogen-bond acceptors (Lipinski definition) is 4. The summed E-state index contributed by atoms with van der Waals surface area (Å²) >= 11 is 0. The van der Waals surface area contributed by atoms with Crippen LogP contribution in [0.5, 0.6) is 0 Å². The summed E-state index contributed by atoms with van der Waals surface area (Å²) in [5.41, 5.74) is 13.0. The minimum atomic E-state index is 0.712. The molecule has 47 heavy (non-hydrogen) atoms. The van der Waals surface area contributed by atoms with Gasteiger partial charge in [0.25, 0.3) is 0 Å². The van der Waals surface area contributed by atoms with Crippen LogP contribution in [0.4, 0.5) is 0 Å². The second-order valence-corrected chi connectivity index (χ2v) is 11.6. The minimum Gasteiger partial charge on any atom is -0.298 e. The summed E-state index contributed by atoms with van der Waals surface area (Å²) in [6.07, 6.45) is 2.06. The number of hydrogen-bond donors (Lipinski definition) is 0. The average Bonchev–Trinajstić information content (AvgIpc) is 3.55. The molecule has 0 saturated heterocycles. The third-order valence-electron chi connectivity index (χ3n) is 8.65. The molecule has 0 unspecified atom stereocenters. The number of imidazole rings is 1. The predicted molar refractivity (Wildman–Crippen MR) is 191 cm³/mol. The molecule has 0 radical (unpaired) electrons. The van der Waals surface area contributed by atoms with E-state index >= 15 is 0 Å². The lowest BCUT2D eigenvalue weighted by Gasteiger charge is -2.11. The highest BCUT2D eigenvalue weighted by atomic mass is 15.0. The fourth-order valence-electron chi connectivity index (χ4n) is 6.28. The van der Waals surface area contributed by atoms with Gasteiger partial charge in [-0.2, -0.15) is 0 Å². The first-order valence-electron chi connectivity index (χ1n) is 15.7. The fraction of sp³-hybridized carbons (Fsp3) is 0. The number of para-hydroxylation sites is 1. The van der Waals surface area contributed by atoms with Gasteiger partial charge in [-0.15, -0.1) is 0 Å². The zero-order valence-electron chi connectivity index (χ0n) is 25.3. The molecule has 0 aliphatic carbocycles. The zero-order valence-corrected chi connectivity index (χ0v) is 25.3. The van der Waals surface area contributed by atoms with Gasteiger partial charge in [0.1, 0.15) is 11.2 Å². The van der Waals surface area contributed by atoms with Crippen LogP contribution >= 0.6 is 0 Å². The molecule has 4 aromatic heterocycles. The van der Waals surface area contributed by atoms with Crippen molar-refractivity contribution in [3.63, 3.8) is 0 Å². The third-order valence-corrected chi connectivity index (χ3v) is 8.65. The van der Waals surface area contributed by atoms with Crippen molar-refractivity contribution >= 4 is 27.6 Å². The largest absolute Gasteiger partial charge is 0.298 e. The molecule has 4 heterocycles. The molecule has 0 atom stereocenters. The quantitative estimate of drug-likeness (QED) is 0.197. The highest BCUT2D eigenvalue weighted by Gasteiger charge is 2.16. The smallest absolute Gasteiger partial charge is 0.160 e. The SMILES string of the molecule is c1ccc(-c2cc(-c3ccc(-c4ccc(-c5nc6ccccc6c6nc7ccccn7c56)cc4)cc3)nc(-c3ccccc3)n2)cc1. The van der Waals surface area contributed by atoms with Crippen molar-refractivity contribution in [2.45, 2.75) is 0 Å². The van der Waals surface area contributed by atoms with E-state index in [4.69, 9.17) is 19.9 Å². The van der Waals surface area contributed by atoms with Gasteiger partial charge in [-0.05, 0) is 35.4 Å². The van der Waals surface area contributed by atoms with Crippen LogP contribution in [-0.2, 0) is 0 Å². The van der Waals surface area contributed by atoms with Crippen molar-refractivity contribution < 1.29 is 0 Å². The van der Waals surface area contributed by atoms with Crippen LogP contribution in [0.25, 0.3) is 83.9 Å². The molecule has 0 N–H and O–H groups in total. The molecule has 9 aromatic rings. The van der Waals surface area contributed by atoms with Crippen LogP contribution in [0.15, 0.2) is 164 Å². The maximum Gasteiger partial charge on any atom is 0.160 e. The topological polar surface area (TPSA) is 56.0 Å². The first-order chi connectivity index (χ1) is 23.3. The lowest BCUT2D eigenvalue weighted by molar-refractivity contribution is 1.18. The Kier molecular flexibility index (Phi) is 6.39. The van der Waals surface area contributed by atoms with Gasteiger partial charge >= 0.3 is 0 Å². The van der Waals surface area contributed by atoms with Gasteiger partial charge < -0.3 is 0 Å². The maximum absolute atomic E-state index is 5.13. The standard InChI is InChI=1S/C42H27N5/c1-3-11-30(12-4-1)36-27-37(45-42(44-36)33-13-5-2-6-14-33)31-22-18-28(19-23-31)29-20-24-32(25-21-29)39-41-40(34-15-7-8-16-35(34)43-39)46-38-17-9-10-26-47(38)41/h1-27H. The molecule has 0 amide bonds. The van der Waals surface area contributed by atoms with E-state index < -0.39 is 0 Å². The molecule has 0 spiro atoms. The van der Waals surface area contributed by atoms with Gasteiger partial charge in [-0.1, -0.05) is 133 Å². The summed E-state index contributed by atoms with van der Waals surface area (Å²) in [6.45, 7) is 0. The van der Waals surface area contributed by atoms with Gasteiger partial charge in [0, 0.05) is 33.8 Å². The number of aromatic nitrogens is 5. The predicted octanol–water partition coefficient (Wildman–Crippen LogP) is 10.2. The summed E-state index contributed by atoms with van der Waals surface area (Å²) in [5, 5.41) is 1.06. The average molecular weight is 602 g/mol. The van der Waals surface area contributed by atoms with Crippen molar-refractivity contribution in [3.8, 4) is 56.3 Å². The summed E-state index contributed by atoms with van der Waals surface area (Å²) in [7, 11) is 0. The molecule has 9 rings (SSSR count). The van der Waals surface area contributed by atoms with Gasteiger partial charge in [-0.25, -0.2) is 19.9 Å². The van der Waals surface area contributed by atoms with E-state index in [1.807, 2.05) is 66.7 Å². The zero-order chi connectivity index (χ0) is 31.2. The second kappa shape index (κ2) is 11.2. The fourth-order valence-corrected chi connectivity index (χ4v) is 6.28. The molecule has 0 aliphatic rings. The van der Waals surface area contributed by atoms with Crippen LogP contribution in [0.1, 0.15) is 0 Å². The summed E-state index contributed by atoms with van der Waals surface area (Å²) < 4.78 is 2.14. The van der Waals surface area contributed by atoms with Gasteiger partial charge in [0.15, 0.2) is 5.82 Å². The Bertz CT molecular complexity index is 2480. The Balaban J connectivity index is 1.08. The highest BCUT2D eigenvalue weighted by Crippen LogP contribution is 2.35. The number of rotatable bonds is 5. The lowest BCUT2D eigenvalue weighted by Crippen LogP contribution is -1.95.